The summed E-state index contributed by atoms with van der Waals surface area (Å²) in [6.45, 7) is 1.01. The fourth-order valence-corrected chi connectivity index (χ4v) is 3.09. The quantitative estimate of drug-likeness (QED) is 0.870. The van der Waals surface area contributed by atoms with Gasteiger partial charge in [0.05, 0.1) is 5.92 Å². The summed E-state index contributed by atoms with van der Waals surface area (Å²) in [4.78, 5) is 24.3. The van der Waals surface area contributed by atoms with Crippen LogP contribution in [0.2, 0.25) is 5.02 Å². The average Bonchev–Trinajstić information content (AvgIpc) is 2.71. The first-order valence-electron chi connectivity index (χ1n) is 7.63. The van der Waals surface area contributed by atoms with Gasteiger partial charge >= 0.3 is 0 Å². The van der Waals surface area contributed by atoms with Crippen LogP contribution in [0.5, 0.6) is 5.75 Å². The van der Waals surface area contributed by atoms with E-state index in [1.54, 1.807) is 6.07 Å². The lowest BCUT2D eigenvalue weighted by Crippen LogP contribution is -2.49. The van der Waals surface area contributed by atoms with E-state index in [9.17, 15) is 9.59 Å². The molecular weight excluding hydrogens is 304 g/mol. The standard InChI is InChI=1S/C16H19ClN2O3/c17-12-4-5-14-10(8-12)7-11(9-22-14)15(20)19-13-3-1-2-6-18-16(13)21/h4-5,8,11,13H,1-3,6-7,9H2,(H,18,21)(H,19,20)/t11-,13-/m1/s1. The molecule has 2 atom stereocenters. The lowest BCUT2D eigenvalue weighted by atomic mass is 9.95. The maximum absolute atomic E-state index is 12.4. The number of amides is 2. The number of hydrogen-bond acceptors (Lipinski definition) is 3. The van der Waals surface area contributed by atoms with Crippen molar-refractivity contribution >= 4 is 23.4 Å². The van der Waals surface area contributed by atoms with Gasteiger partial charge in [-0.3, -0.25) is 9.59 Å². The van der Waals surface area contributed by atoms with Crippen LogP contribution in [0.15, 0.2) is 18.2 Å². The summed E-state index contributed by atoms with van der Waals surface area (Å²) >= 11 is 5.99. The summed E-state index contributed by atoms with van der Waals surface area (Å²) in [5, 5.41) is 6.31. The third-order valence-electron chi connectivity index (χ3n) is 4.15. The molecule has 2 amide bonds. The number of fused-ring (bicyclic) bond motifs is 1. The van der Waals surface area contributed by atoms with Gasteiger partial charge in [-0.25, -0.2) is 0 Å². The Bertz CT molecular complexity index is 591. The first-order valence-corrected chi connectivity index (χ1v) is 8.00. The summed E-state index contributed by atoms with van der Waals surface area (Å²) in [5.41, 5.74) is 0.934. The highest BCUT2D eigenvalue weighted by molar-refractivity contribution is 6.30. The van der Waals surface area contributed by atoms with Crippen LogP contribution in [0.3, 0.4) is 0 Å². The number of rotatable bonds is 2. The van der Waals surface area contributed by atoms with Crippen LogP contribution in [-0.2, 0) is 16.0 Å². The monoisotopic (exact) mass is 322 g/mol. The van der Waals surface area contributed by atoms with Crippen LogP contribution in [0.4, 0.5) is 0 Å². The van der Waals surface area contributed by atoms with Crippen molar-refractivity contribution < 1.29 is 14.3 Å². The minimum atomic E-state index is -0.434. The van der Waals surface area contributed by atoms with Crippen molar-refractivity contribution in [3.8, 4) is 5.75 Å². The molecule has 0 bridgehead atoms. The van der Waals surface area contributed by atoms with E-state index in [-0.39, 0.29) is 17.7 Å². The van der Waals surface area contributed by atoms with Crippen molar-refractivity contribution in [1.29, 1.82) is 0 Å². The lowest BCUT2D eigenvalue weighted by molar-refractivity contribution is -0.131. The van der Waals surface area contributed by atoms with Crippen LogP contribution in [0.1, 0.15) is 24.8 Å². The Balaban J connectivity index is 1.64. The van der Waals surface area contributed by atoms with Gasteiger partial charge in [0.1, 0.15) is 18.4 Å². The zero-order valence-electron chi connectivity index (χ0n) is 12.2. The van der Waals surface area contributed by atoms with Gasteiger partial charge in [0.25, 0.3) is 0 Å². The molecule has 1 aromatic carbocycles. The molecule has 5 nitrogen and oxygen atoms in total. The van der Waals surface area contributed by atoms with Crippen molar-refractivity contribution in [2.45, 2.75) is 31.7 Å². The Kier molecular flexibility index (Phi) is 4.52. The summed E-state index contributed by atoms with van der Waals surface area (Å²) in [6, 6.07) is 4.99. The molecule has 0 aromatic heterocycles. The summed E-state index contributed by atoms with van der Waals surface area (Å²) < 4.78 is 5.63. The maximum atomic E-state index is 12.4. The highest BCUT2D eigenvalue weighted by atomic mass is 35.5. The number of nitrogens with one attached hydrogen (secondary N) is 2. The summed E-state index contributed by atoms with van der Waals surface area (Å²) in [5.74, 6) is 0.265. The van der Waals surface area contributed by atoms with Crippen LogP contribution in [0, 0.1) is 5.92 Å². The van der Waals surface area contributed by atoms with Gasteiger partial charge in [-0.15, -0.1) is 0 Å². The molecule has 2 N–H and O–H groups in total. The molecule has 0 radical (unpaired) electrons. The molecule has 2 aliphatic heterocycles. The minimum Gasteiger partial charge on any atom is -0.492 e. The smallest absolute Gasteiger partial charge is 0.242 e. The molecule has 2 aliphatic rings. The second-order valence-electron chi connectivity index (χ2n) is 5.81. The molecule has 3 rings (SSSR count). The van der Waals surface area contributed by atoms with E-state index >= 15 is 0 Å². The van der Waals surface area contributed by atoms with Crippen LogP contribution in [0.25, 0.3) is 0 Å². The Morgan fingerprint density at radius 3 is 3.09 bits per heavy atom. The van der Waals surface area contributed by atoms with E-state index in [1.807, 2.05) is 12.1 Å². The predicted octanol–water partition coefficient (Wildman–Crippen LogP) is 1.68. The van der Waals surface area contributed by atoms with Gasteiger partial charge in [-0.1, -0.05) is 11.6 Å². The van der Waals surface area contributed by atoms with Crippen LogP contribution in [-0.4, -0.2) is 31.0 Å². The Morgan fingerprint density at radius 2 is 2.23 bits per heavy atom. The van der Waals surface area contributed by atoms with E-state index < -0.39 is 6.04 Å². The molecule has 6 heteroatoms. The summed E-state index contributed by atoms with van der Waals surface area (Å²) in [7, 11) is 0. The molecule has 22 heavy (non-hydrogen) atoms. The molecule has 0 aliphatic carbocycles. The van der Waals surface area contributed by atoms with Crippen LogP contribution < -0.4 is 15.4 Å². The zero-order valence-corrected chi connectivity index (χ0v) is 13.0. The van der Waals surface area contributed by atoms with Gasteiger partial charge < -0.3 is 15.4 Å². The molecule has 1 aromatic rings. The topological polar surface area (TPSA) is 67.4 Å². The molecule has 1 fully saturated rings. The number of halogens is 1. The minimum absolute atomic E-state index is 0.0916. The number of benzene rings is 1. The van der Waals surface area contributed by atoms with E-state index in [0.29, 0.717) is 31.0 Å². The summed E-state index contributed by atoms with van der Waals surface area (Å²) in [6.07, 6.45) is 3.16. The van der Waals surface area contributed by atoms with Gasteiger partial charge in [0.15, 0.2) is 0 Å². The van der Waals surface area contributed by atoms with Crippen molar-refractivity contribution in [3.05, 3.63) is 28.8 Å². The molecule has 1 saturated heterocycles. The van der Waals surface area contributed by atoms with Gasteiger partial charge in [0, 0.05) is 11.6 Å². The second kappa shape index (κ2) is 6.57. The number of ether oxygens (including phenoxy) is 1. The fourth-order valence-electron chi connectivity index (χ4n) is 2.90. The Morgan fingerprint density at radius 1 is 1.36 bits per heavy atom. The zero-order chi connectivity index (χ0) is 15.5. The molecule has 118 valence electrons. The molecule has 2 heterocycles. The van der Waals surface area contributed by atoms with E-state index in [1.165, 1.54) is 0 Å². The number of hydrogen-bond donors (Lipinski definition) is 2. The third-order valence-corrected chi connectivity index (χ3v) is 4.39. The molecule has 0 saturated carbocycles. The van der Waals surface area contributed by atoms with Gasteiger partial charge in [0.2, 0.25) is 11.8 Å². The van der Waals surface area contributed by atoms with E-state index in [4.69, 9.17) is 16.3 Å². The van der Waals surface area contributed by atoms with Gasteiger partial charge in [-0.05, 0) is 49.4 Å². The first-order chi connectivity index (χ1) is 10.6. The predicted molar refractivity (Wildman–Crippen MR) is 82.9 cm³/mol. The van der Waals surface area contributed by atoms with Crippen molar-refractivity contribution in [2.24, 2.45) is 5.92 Å². The second-order valence-corrected chi connectivity index (χ2v) is 6.25. The molecule has 0 unspecified atom stereocenters. The highest BCUT2D eigenvalue weighted by Gasteiger charge is 2.30. The largest absolute Gasteiger partial charge is 0.492 e. The Hall–Kier alpha value is -1.75. The third kappa shape index (κ3) is 3.35. The lowest BCUT2D eigenvalue weighted by Gasteiger charge is -2.26. The van der Waals surface area contributed by atoms with Gasteiger partial charge in [-0.2, -0.15) is 0 Å². The number of carbonyl (C=O) groups is 2. The van der Waals surface area contributed by atoms with E-state index in [2.05, 4.69) is 10.6 Å². The van der Waals surface area contributed by atoms with Crippen molar-refractivity contribution in [1.82, 2.24) is 10.6 Å². The molecular formula is C16H19ClN2O3. The Labute approximate surface area is 134 Å². The van der Waals surface area contributed by atoms with Crippen LogP contribution >= 0.6 is 11.6 Å². The maximum Gasteiger partial charge on any atom is 0.242 e. The SMILES string of the molecule is O=C(N[C@@H]1CCCCNC1=O)[C@H]1COc2ccc(Cl)cc2C1. The number of carbonyl (C=O) groups excluding carboxylic acids is 2. The molecule has 0 spiro atoms. The normalized spacial score (nSPS) is 24.5. The average molecular weight is 323 g/mol. The fraction of sp³-hybridized carbons (Fsp3) is 0.500. The first kappa shape index (κ1) is 15.2. The van der Waals surface area contributed by atoms with Crippen molar-refractivity contribution in [3.63, 3.8) is 0 Å². The van der Waals surface area contributed by atoms with E-state index in [0.717, 1.165) is 24.2 Å². The highest BCUT2D eigenvalue weighted by Crippen LogP contribution is 2.29. The van der Waals surface area contributed by atoms with Crippen molar-refractivity contribution in [2.75, 3.05) is 13.2 Å².